The van der Waals surface area contributed by atoms with E-state index in [9.17, 15) is 4.39 Å². The SMILES string of the molecule is Cc1ccc(COc2ccc(F)cc2C#CCO)cc1C. The molecular weight excluding hydrogens is 267 g/mol. The van der Waals surface area contributed by atoms with E-state index in [0.717, 1.165) is 5.56 Å². The maximum absolute atomic E-state index is 13.2. The third-order valence-corrected chi connectivity index (χ3v) is 3.21. The van der Waals surface area contributed by atoms with Gasteiger partial charge in [0.05, 0.1) is 5.56 Å². The Labute approximate surface area is 124 Å². The van der Waals surface area contributed by atoms with Crippen molar-refractivity contribution in [3.05, 3.63) is 64.5 Å². The molecule has 2 aromatic rings. The average molecular weight is 284 g/mol. The Hall–Kier alpha value is -2.31. The first-order chi connectivity index (χ1) is 10.1. The summed E-state index contributed by atoms with van der Waals surface area (Å²) in [5, 5.41) is 8.74. The van der Waals surface area contributed by atoms with Crippen LogP contribution in [-0.4, -0.2) is 11.7 Å². The maximum Gasteiger partial charge on any atom is 0.135 e. The van der Waals surface area contributed by atoms with Crippen LogP contribution in [0.15, 0.2) is 36.4 Å². The third-order valence-electron chi connectivity index (χ3n) is 3.21. The van der Waals surface area contributed by atoms with E-state index in [2.05, 4.69) is 31.8 Å². The van der Waals surface area contributed by atoms with Crippen molar-refractivity contribution in [1.82, 2.24) is 0 Å². The van der Waals surface area contributed by atoms with Crippen molar-refractivity contribution in [1.29, 1.82) is 0 Å². The zero-order valence-corrected chi connectivity index (χ0v) is 12.1. The molecular formula is C18H17FO2. The highest BCUT2D eigenvalue weighted by Gasteiger charge is 2.04. The molecule has 0 atom stereocenters. The lowest BCUT2D eigenvalue weighted by molar-refractivity contribution is 0.304. The van der Waals surface area contributed by atoms with Gasteiger partial charge in [-0.3, -0.25) is 0 Å². The second-order valence-electron chi connectivity index (χ2n) is 4.81. The Balaban J connectivity index is 2.17. The van der Waals surface area contributed by atoms with Crippen molar-refractivity contribution in [2.24, 2.45) is 0 Å². The number of halogens is 1. The lowest BCUT2D eigenvalue weighted by atomic mass is 10.1. The quantitative estimate of drug-likeness (QED) is 0.876. The van der Waals surface area contributed by atoms with Crippen molar-refractivity contribution in [3.63, 3.8) is 0 Å². The van der Waals surface area contributed by atoms with Crippen molar-refractivity contribution >= 4 is 0 Å². The second kappa shape index (κ2) is 6.92. The van der Waals surface area contributed by atoms with Crippen LogP contribution in [0.25, 0.3) is 0 Å². The topological polar surface area (TPSA) is 29.5 Å². The van der Waals surface area contributed by atoms with Gasteiger partial charge in [0, 0.05) is 0 Å². The minimum atomic E-state index is -0.379. The van der Waals surface area contributed by atoms with E-state index >= 15 is 0 Å². The molecule has 0 aliphatic rings. The number of aryl methyl sites for hydroxylation is 2. The van der Waals surface area contributed by atoms with Gasteiger partial charge < -0.3 is 9.84 Å². The van der Waals surface area contributed by atoms with Crippen LogP contribution in [0.2, 0.25) is 0 Å². The summed E-state index contributed by atoms with van der Waals surface area (Å²) in [7, 11) is 0. The number of aliphatic hydroxyl groups is 1. The summed E-state index contributed by atoms with van der Waals surface area (Å²) < 4.78 is 19.0. The van der Waals surface area contributed by atoms with Gasteiger partial charge in [0.1, 0.15) is 24.8 Å². The van der Waals surface area contributed by atoms with Crippen molar-refractivity contribution in [2.75, 3.05) is 6.61 Å². The van der Waals surface area contributed by atoms with Crippen LogP contribution in [0.4, 0.5) is 4.39 Å². The highest BCUT2D eigenvalue weighted by molar-refractivity contribution is 5.46. The molecule has 2 aromatic carbocycles. The molecule has 0 aromatic heterocycles. The molecule has 21 heavy (non-hydrogen) atoms. The Bertz CT molecular complexity index is 696. The Morgan fingerprint density at radius 1 is 1.10 bits per heavy atom. The number of ether oxygens (including phenoxy) is 1. The van der Waals surface area contributed by atoms with Crippen LogP contribution in [0, 0.1) is 31.5 Å². The van der Waals surface area contributed by atoms with Crippen LogP contribution < -0.4 is 4.74 Å². The van der Waals surface area contributed by atoms with Crippen molar-refractivity contribution in [3.8, 4) is 17.6 Å². The molecule has 0 fully saturated rings. The predicted octanol–water partition coefficient (Wildman–Crippen LogP) is 3.37. The van der Waals surface area contributed by atoms with E-state index in [1.165, 1.54) is 23.3 Å². The average Bonchev–Trinajstić information content (AvgIpc) is 2.47. The molecule has 0 bridgehead atoms. The predicted molar refractivity (Wildman–Crippen MR) is 80.6 cm³/mol. The molecule has 1 N–H and O–H groups in total. The van der Waals surface area contributed by atoms with E-state index in [4.69, 9.17) is 9.84 Å². The molecule has 0 saturated heterocycles. The third kappa shape index (κ3) is 4.08. The molecule has 3 heteroatoms. The van der Waals surface area contributed by atoms with E-state index in [-0.39, 0.29) is 12.4 Å². The van der Waals surface area contributed by atoms with Crippen LogP contribution >= 0.6 is 0 Å². The Morgan fingerprint density at radius 2 is 1.90 bits per heavy atom. The molecule has 0 spiro atoms. The lowest BCUT2D eigenvalue weighted by Crippen LogP contribution is -1.99. The molecule has 0 radical (unpaired) electrons. The van der Waals surface area contributed by atoms with Crippen molar-refractivity contribution < 1.29 is 14.2 Å². The standard InChI is InChI=1S/C18H17FO2/c1-13-5-6-15(10-14(13)2)12-21-18-8-7-17(19)11-16(18)4-3-9-20/h5-8,10-11,20H,9,12H2,1-2H3. The summed E-state index contributed by atoms with van der Waals surface area (Å²) in [6.07, 6.45) is 0. The van der Waals surface area contributed by atoms with Crippen molar-refractivity contribution in [2.45, 2.75) is 20.5 Å². The fourth-order valence-electron chi connectivity index (χ4n) is 1.91. The smallest absolute Gasteiger partial charge is 0.135 e. The molecule has 0 aliphatic carbocycles. The highest BCUT2D eigenvalue weighted by Crippen LogP contribution is 2.20. The highest BCUT2D eigenvalue weighted by atomic mass is 19.1. The van der Waals surface area contributed by atoms with Gasteiger partial charge >= 0.3 is 0 Å². The van der Waals surface area contributed by atoms with Gasteiger partial charge in [-0.15, -0.1) is 0 Å². The van der Waals surface area contributed by atoms with Crippen LogP contribution in [0.3, 0.4) is 0 Å². The molecule has 0 amide bonds. The molecule has 0 unspecified atom stereocenters. The van der Waals surface area contributed by atoms with E-state index in [0.29, 0.717) is 17.9 Å². The normalized spacial score (nSPS) is 9.90. The molecule has 0 aliphatic heterocycles. The Kier molecular flexibility index (Phi) is 4.97. The maximum atomic E-state index is 13.2. The van der Waals surface area contributed by atoms with Crippen LogP contribution in [0.5, 0.6) is 5.75 Å². The van der Waals surface area contributed by atoms with Crippen LogP contribution in [0.1, 0.15) is 22.3 Å². The lowest BCUT2D eigenvalue weighted by Gasteiger charge is -2.10. The first kappa shape index (κ1) is 15.1. The minimum absolute atomic E-state index is 0.271. The summed E-state index contributed by atoms with van der Waals surface area (Å²) in [4.78, 5) is 0. The Morgan fingerprint density at radius 3 is 2.62 bits per heavy atom. The number of rotatable bonds is 3. The summed E-state index contributed by atoms with van der Waals surface area (Å²) in [5.41, 5.74) is 3.92. The monoisotopic (exact) mass is 284 g/mol. The fourth-order valence-corrected chi connectivity index (χ4v) is 1.91. The molecule has 0 saturated carbocycles. The van der Waals surface area contributed by atoms with Gasteiger partial charge in [-0.05, 0) is 48.7 Å². The molecule has 2 nitrogen and oxygen atoms in total. The largest absolute Gasteiger partial charge is 0.488 e. The number of hydrogen-bond acceptors (Lipinski definition) is 2. The van der Waals surface area contributed by atoms with Gasteiger partial charge in [0.15, 0.2) is 0 Å². The van der Waals surface area contributed by atoms with E-state index < -0.39 is 0 Å². The first-order valence-corrected chi connectivity index (χ1v) is 6.68. The number of benzene rings is 2. The summed E-state index contributed by atoms with van der Waals surface area (Å²) in [6, 6.07) is 10.3. The molecule has 0 heterocycles. The first-order valence-electron chi connectivity index (χ1n) is 6.68. The summed E-state index contributed by atoms with van der Waals surface area (Å²) in [6.45, 7) is 4.23. The van der Waals surface area contributed by atoms with Gasteiger partial charge in [-0.25, -0.2) is 4.39 Å². The summed E-state index contributed by atoms with van der Waals surface area (Å²) in [5.74, 6) is 5.33. The second-order valence-corrected chi connectivity index (χ2v) is 4.81. The van der Waals surface area contributed by atoms with Gasteiger partial charge in [-0.1, -0.05) is 30.0 Å². The van der Waals surface area contributed by atoms with Crippen LogP contribution in [-0.2, 0) is 6.61 Å². The summed E-state index contributed by atoms with van der Waals surface area (Å²) >= 11 is 0. The fraction of sp³-hybridized carbons (Fsp3) is 0.222. The van der Waals surface area contributed by atoms with Gasteiger partial charge in [-0.2, -0.15) is 0 Å². The van der Waals surface area contributed by atoms with Gasteiger partial charge in [0.2, 0.25) is 0 Å². The molecule has 2 rings (SSSR count). The minimum Gasteiger partial charge on any atom is -0.488 e. The zero-order chi connectivity index (χ0) is 15.2. The van der Waals surface area contributed by atoms with Gasteiger partial charge in [0.25, 0.3) is 0 Å². The number of aliphatic hydroxyl groups excluding tert-OH is 1. The number of hydrogen-bond donors (Lipinski definition) is 1. The van der Waals surface area contributed by atoms with E-state index in [1.807, 2.05) is 12.1 Å². The zero-order valence-electron chi connectivity index (χ0n) is 12.1. The van der Waals surface area contributed by atoms with E-state index in [1.54, 1.807) is 6.07 Å². The molecule has 108 valence electrons.